The number of amides is 1. The number of benzene rings is 1. The van der Waals surface area contributed by atoms with E-state index < -0.39 is 4.92 Å². The third-order valence-corrected chi connectivity index (χ3v) is 3.20. The molecule has 1 aromatic carbocycles. The van der Waals surface area contributed by atoms with E-state index >= 15 is 0 Å². The van der Waals surface area contributed by atoms with Crippen LogP contribution in [-0.2, 0) is 0 Å². The first kappa shape index (κ1) is 14.2. The number of hydrogen-bond acceptors (Lipinski definition) is 6. The molecule has 4 N–H and O–H groups in total. The summed E-state index contributed by atoms with van der Waals surface area (Å²) in [7, 11) is 0. The summed E-state index contributed by atoms with van der Waals surface area (Å²) in [5, 5.41) is 20.0. The summed E-state index contributed by atoms with van der Waals surface area (Å²) in [5.74, 6) is 4.96. The van der Waals surface area contributed by atoms with Crippen LogP contribution in [0.4, 0.5) is 11.4 Å². The van der Waals surface area contributed by atoms with Gasteiger partial charge in [0.1, 0.15) is 5.69 Å². The number of nitrogens with one attached hydrogen (secondary N) is 1. The fourth-order valence-electron chi connectivity index (χ4n) is 2.12. The fraction of sp³-hybridized carbons (Fsp3) is 0.417. The lowest BCUT2D eigenvalue weighted by Gasteiger charge is -2.22. The van der Waals surface area contributed by atoms with Crippen LogP contribution in [0.15, 0.2) is 18.2 Å². The summed E-state index contributed by atoms with van der Waals surface area (Å²) in [6, 6.07) is 4.30. The largest absolute Gasteiger partial charge is 0.395 e. The van der Waals surface area contributed by atoms with Gasteiger partial charge in [0.25, 0.3) is 11.6 Å². The second-order valence-corrected chi connectivity index (χ2v) is 4.55. The zero-order chi connectivity index (χ0) is 14.7. The molecule has 20 heavy (non-hydrogen) atoms. The van der Waals surface area contributed by atoms with Crippen LogP contribution >= 0.6 is 0 Å². The number of carbonyl (C=O) groups excluding carboxylic acids is 1. The molecule has 2 rings (SSSR count). The van der Waals surface area contributed by atoms with Crippen LogP contribution in [0.1, 0.15) is 23.2 Å². The zero-order valence-electron chi connectivity index (χ0n) is 10.8. The number of nitrogens with zero attached hydrogens (tertiary/aromatic N) is 2. The smallest absolute Gasteiger partial charge is 0.294 e. The normalized spacial score (nSPS) is 13.9. The van der Waals surface area contributed by atoms with Crippen LogP contribution in [0.25, 0.3) is 0 Å². The number of anilines is 1. The van der Waals surface area contributed by atoms with Crippen LogP contribution in [0.3, 0.4) is 0 Å². The Balaban J connectivity index is 2.37. The number of para-hydroxylation sites is 1. The molecule has 1 aliphatic rings. The molecule has 0 radical (unpaired) electrons. The lowest BCUT2D eigenvalue weighted by Crippen LogP contribution is -2.36. The second kappa shape index (κ2) is 5.85. The predicted octanol–water partition coefficient (Wildman–Crippen LogP) is 0.477. The minimum absolute atomic E-state index is 0.00825. The number of hydrogen-bond donors (Lipinski definition) is 3. The molecule has 1 aromatic rings. The first-order valence-corrected chi connectivity index (χ1v) is 6.26. The van der Waals surface area contributed by atoms with E-state index in [0.29, 0.717) is 0 Å². The quantitative estimate of drug-likeness (QED) is 0.396. The molecule has 1 amide bonds. The van der Waals surface area contributed by atoms with Gasteiger partial charge in [-0.15, -0.1) is 0 Å². The Bertz CT molecular complexity index is 530. The number of rotatable bonds is 6. The van der Waals surface area contributed by atoms with Crippen LogP contribution in [0.5, 0.6) is 0 Å². The number of nitro benzene ring substituents is 1. The Morgan fingerprint density at radius 3 is 2.75 bits per heavy atom. The molecule has 1 fully saturated rings. The Morgan fingerprint density at radius 1 is 1.55 bits per heavy atom. The first-order chi connectivity index (χ1) is 9.60. The van der Waals surface area contributed by atoms with Crippen molar-refractivity contribution in [3.8, 4) is 0 Å². The number of nitrogen functional groups attached to an aromatic ring is 1. The molecule has 0 aromatic heterocycles. The molecule has 8 heteroatoms. The third-order valence-electron chi connectivity index (χ3n) is 3.20. The van der Waals surface area contributed by atoms with E-state index in [1.54, 1.807) is 0 Å². The molecule has 1 aliphatic carbocycles. The molecular formula is C12H16N4O4. The number of aliphatic hydroxyl groups is 1. The van der Waals surface area contributed by atoms with Crippen molar-refractivity contribution in [1.29, 1.82) is 0 Å². The van der Waals surface area contributed by atoms with Crippen LogP contribution in [0.2, 0.25) is 0 Å². The Morgan fingerprint density at radius 2 is 2.25 bits per heavy atom. The predicted molar refractivity (Wildman–Crippen MR) is 72.1 cm³/mol. The van der Waals surface area contributed by atoms with Crippen LogP contribution < -0.4 is 11.3 Å². The van der Waals surface area contributed by atoms with Crippen molar-refractivity contribution in [3.63, 3.8) is 0 Å². The van der Waals surface area contributed by atoms with Gasteiger partial charge in [-0.05, 0) is 18.9 Å². The fourth-order valence-corrected chi connectivity index (χ4v) is 2.12. The van der Waals surface area contributed by atoms with Gasteiger partial charge >= 0.3 is 0 Å². The summed E-state index contributed by atoms with van der Waals surface area (Å²) in [6.07, 6.45) is 1.76. The van der Waals surface area contributed by atoms with Crippen molar-refractivity contribution >= 4 is 17.3 Å². The molecule has 0 heterocycles. The minimum Gasteiger partial charge on any atom is -0.395 e. The van der Waals surface area contributed by atoms with Gasteiger partial charge in [0.05, 0.1) is 17.1 Å². The minimum atomic E-state index is -0.598. The molecule has 0 spiro atoms. The Hall–Kier alpha value is -2.19. The molecule has 1 saturated carbocycles. The highest BCUT2D eigenvalue weighted by atomic mass is 16.6. The van der Waals surface area contributed by atoms with E-state index in [0.717, 1.165) is 12.8 Å². The molecule has 8 nitrogen and oxygen atoms in total. The number of aliphatic hydroxyl groups excluding tert-OH is 1. The zero-order valence-corrected chi connectivity index (χ0v) is 10.8. The van der Waals surface area contributed by atoms with Crippen molar-refractivity contribution in [1.82, 2.24) is 4.90 Å². The highest BCUT2D eigenvalue weighted by Gasteiger charge is 2.34. The maximum atomic E-state index is 12.5. The molecule has 0 aliphatic heterocycles. The summed E-state index contributed by atoms with van der Waals surface area (Å²) in [5.41, 5.74) is 2.11. The summed E-state index contributed by atoms with van der Waals surface area (Å²) >= 11 is 0. The summed E-state index contributed by atoms with van der Waals surface area (Å²) in [6.45, 7) is 0.0543. The van der Waals surface area contributed by atoms with E-state index in [1.165, 1.54) is 23.1 Å². The molecule has 108 valence electrons. The van der Waals surface area contributed by atoms with Crippen LogP contribution in [-0.4, -0.2) is 40.0 Å². The molecule has 0 bridgehead atoms. The van der Waals surface area contributed by atoms with E-state index in [-0.39, 0.29) is 42.0 Å². The Labute approximate surface area is 115 Å². The number of nitro groups is 1. The summed E-state index contributed by atoms with van der Waals surface area (Å²) in [4.78, 5) is 24.3. The molecule has 0 unspecified atom stereocenters. The van der Waals surface area contributed by atoms with E-state index in [4.69, 9.17) is 10.9 Å². The van der Waals surface area contributed by atoms with Gasteiger partial charge < -0.3 is 15.4 Å². The van der Waals surface area contributed by atoms with Gasteiger partial charge in [0, 0.05) is 18.7 Å². The van der Waals surface area contributed by atoms with Gasteiger partial charge in [-0.3, -0.25) is 20.8 Å². The Kier molecular flexibility index (Phi) is 4.16. The highest BCUT2D eigenvalue weighted by molar-refractivity contribution is 6.01. The van der Waals surface area contributed by atoms with E-state index in [1.807, 2.05) is 0 Å². The number of nitrogens with two attached hydrogens (primary N) is 1. The topological polar surface area (TPSA) is 122 Å². The third kappa shape index (κ3) is 2.70. The van der Waals surface area contributed by atoms with Crippen LogP contribution in [0, 0.1) is 10.1 Å². The van der Waals surface area contributed by atoms with Gasteiger partial charge in [0.15, 0.2) is 0 Å². The molecule has 0 saturated heterocycles. The lowest BCUT2D eigenvalue weighted by molar-refractivity contribution is -0.384. The van der Waals surface area contributed by atoms with Crippen molar-refractivity contribution in [3.05, 3.63) is 33.9 Å². The first-order valence-electron chi connectivity index (χ1n) is 6.26. The SMILES string of the molecule is NNc1c(C(=O)N(CCO)C2CC2)cccc1[N+](=O)[O-]. The molecular weight excluding hydrogens is 264 g/mol. The number of hydrazine groups is 1. The van der Waals surface area contributed by atoms with E-state index in [2.05, 4.69) is 5.43 Å². The average Bonchev–Trinajstić information content (AvgIpc) is 3.27. The van der Waals surface area contributed by atoms with Gasteiger partial charge in [-0.25, -0.2) is 0 Å². The number of carbonyl (C=O) groups is 1. The highest BCUT2D eigenvalue weighted by Crippen LogP contribution is 2.32. The second-order valence-electron chi connectivity index (χ2n) is 4.55. The van der Waals surface area contributed by atoms with Crippen molar-refractivity contribution in [2.24, 2.45) is 5.84 Å². The average molecular weight is 280 g/mol. The van der Waals surface area contributed by atoms with Gasteiger partial charge in [-0.1, -0.05) is 6.07 Å². The van der Waals surface area contributed by atoms with Gasteiger partial charge in [0.2, 0.25) is 0 Å². The monoisotopic (exact) mass is 280 g/mol. The lowest BCUT2D eigenvalue weighted by atomic mass is 10.1. The maximum absolute atomic E-state index is 12.5. The summed E-state index contributed by atoms with van der Waals surface area (Å²) < 4.78 is 0. The van der Waals surface area contributed by atoms with E-state index in [9.17, 15) is 14.9 Å². The van der Waals surface area contributed by atoms with Crippen molar-refractivity contribution < 1.29 is 14.8 Å². The van der Waals surface area contributed by atoms with Crippen molar-refractivity contribution in [2.45, 2.75) is 18.9 Å². The van der Waals surface area contributed by atoms with Crippen molar-refractivity contribution in [2.75, 3.05) is 18.6 Å². The van der Waals surface area contributed by atoms with Gasteiger partial charge in [-0.2, -0.15) is 0 Å². The molecule has 0 atom stereocenters. The standard InChI is InChI=1S/C12H16N4O4/c13-14-11-9(2-1-3-10(11)16(19)20)12(18)15(6-7-17)8-4-5-8/h1-3,8,14,17H,4-7,13H2. The maximum Gasteiger partial charge on any atom is 0.294 e.